The minimum atomic E-state index is -3.54. The monoisotopic (exact) mass is 379 g/mol. The molecule has 2 saturated heterocycles. The molecule has 2 fully saturated rings. The van der Waals surface area contributed by atoms with Crippen molar-refractivity contribution in [1.82, 2.24) is 9.21 Å². The Morgan fingerprint density at radius 3 is 2.50 bits per heavy atom. The molecule has 0 aliphatic carbocycles. The minimum Gasteiger partial charge on any atom is -0.482 e. The van der Waals surface area contributed by atoms with Gasteiger partial charge in [0.15, 0.2) is 6.61 Å². The van der Waals surface area contributed by atoms with Crippen molar-refractivity contribution < 1.29 is 17.9 Å². The molecule has 1 aromatic carbocycles. The van der Waals surface area contributed by atoms with E-state index in [9.17, 15) is 13.2 Å². The lowest BCUT2D eigenvalue weighted by Gasteiger charge is -2.39. The molecule has 3 aliphatic heterocycles. The van der Waals surface area contributed by atoms with Gasteiger partial charge in [-0.05, 0) is 50.9 Å². The van der Waals surface area contributed by atoms with Crippen molar-refractivity contribution in [3.05, 3.63) is 18.2 Å². The third-order valence-corrected chi connectivity index (χ3v) is 7.45. The number of hydrogen-bond donors (Lipinski definition) is 1. The van der Waals surface area contributed by atoms with Crippen molar-refractivity contribution in [2.24, 2.45) is 0 Å². The molecule has 4 rings (SSSR count). The maximum atomic E-state index is 13.0. The molecule has 3 heterocycles. The predicted octanol–water partition coefficient (Wildman–Crippen LogP) is 1.66. The van der Waals surface area contributed by atoms with Crippen molar-refractivity contribution >= 4 is 21.6 Å². The Kier molecular flexibility index (Phi) is 4.90. The fourth-order valence-corrected chi connectivity index (χ4v) is 5.58. The summed E-state index contributed by atoms with van der Waals surface area (Å²) in [5.74, 6) is 0.182. The molecule has 1 N–H and O–H groups in total. The number of piperidine rings is 2. The summed E-state index contributed by atoms with van der Waals surface area (Å²) >= 11 is 0. The van der Waals surface area contributed by atoms with E-state index in [0.717, 1.165) is 25.9 Å². The summed E-state index contributed by atoms with van der Waals surface area (Å²) in [6.45, 7) is 3.31. The number of amides is 1. The molecule has 1 amide bonds. The molecule has 3 aliphatic rings. The number of sulfonamides is 1. The highest BCUT2D eigenvalue weighted by atomic mass is 32.2. The lowest BCUT2D eigenvalue weighted by atomic mass is 10.0. The van der Waals surface area contributed by atoms with Gasteiger partial charge in [0.1, 0.15) is 5.75 Å². The summed E-state index contributed by atoms with van der Waals surface area (Å²) in [5, 5.41) is 2.68. The lowest BCUT2D eigenvalue weighted by Crippen LogP contribution is -2.48. The van der Waals surface area contributed by atoms with Crippen LogP contribution in [0.3, 0.4) is 0 Å². The average molecular weight is 379 g/mol. The number of nitrogens with zero attached hydrogens (tertiary/aromatic N) is 2. The van der Waals surface area contributed by atoms with E-state index >= 15 is 0 Å². The fourth-order valence-electron chi connectivity index (χ4n) is 4.10. The number of likely N-dealkylation sites (tertiary alicyclic amines) is 1. The van der Waals surface area contributed by atoms with E-state index in [1.807, 2.05) is 0 Å². The Hall–Kier alpha value is -1.64. The number of nitrogens with one attached hydrogen (secondary N) is 1. The van der Waals surface area contributed by atoms with Crippen LogP contribution in [0.2, 0.25) is 0 Å². The largest absolute Gasteiger partial charge is 0.482 e. The van der Waals surface area contributed by atoms with Crippen LogP contribution in [-0.2, 0) is 14.8 Å². The standard InChI is InChI=1S/C18H25N3O4S/c22-18-13-25-17-12-15(4-5-16(17)19-18)26(23,24)21-10-6-14(7-11-21)20-8-2-1-3-9-20/h4-5,12,14H,1-3,6-11,13H2,(H,19,22). The first-order valence-electron chi connectivity index (χ1n) is 9.35. The molecule has 0 spiro atoms. The first-order chi connectivity index (χ1) is 12.5. The smallest absolute Gasteiger partial charge is 0.262 e. The van der Waals surface area contributed by atoms with Gasteiger partial charge in [-0.1, -0.05) is 6.42 Å². The van der Waals surface area contributed by atoms with Gasteiger partial charge in [-0.15, -0.1) is 0 Å². The molecule has 0 bridgehead atoms. The number of rotatable bonds is 3. The number of carbonyl (C=O) groups is 1. The van der Waals surface area contributed by atoms with Gasteiger partial charge in [-0.2, -0.15) is 4.31 Å². The van der Waals surface area contributed by atoms with Crippen LogP contribution < -0.4 is 10.1 Å². The van der Waals surface area contributed by atoms with Crippen LogP contribution >= 0.6 is 0 Å². The number of carbonyl (C=O) groups excluding carboxylic acids is 1. The van der Waals surface area contributed by atoms with E-state index in [2.05, 4.69) is 10.2 Å². The van der Waals surface area contributed by atoms with Crippen molar-refractivity contribution in [3.63, 3.8) is 0 Å². The molecule has 7 nitrogen and oxygen atoms in total. The van der Waals surface area contributed by atoms with Gasteiger partial charge in [0, 0.05) is 25.2 Å². The molecule has 0 atom stereocenters. The van der Waals surface area contributed by atoms with Crippen LogP contribution in [0.15, 0.2) is 23.1 Å². The summed E-state index contributed by atoms with van der Waals surface area (Å²) in [7, 11) is -3.54. The Bertz CT molecular complexity index is 782. The zero-order chi connectivity index (χ0) is 18.1. The van der Waals surface area contributed by atoms with Gasteiger partial charge < -0.3 is 15.0 Å². The second kappa shape index (κ2) is 7.17. The molecular formula is C18H25N3O4S. The van der Waals surface area contributed by atoms with E-state index in [0.29, 0.717) is 30.6 Å². The van der Waals surface area contributed by atoms with E-state index in [4.69, 9.17) is 4.74 Å². The summed E-state index contributed by atoms with van der Waals surface area (Å²) in [6, 6.07) is 5.16. The third-order valence-electron chi connectivity index (χ3n) is 5.55. The van der Waals surface area contributed by atoms with E-state index in [-0.39, 0.29) is 17.4 Å². The summed E-state index contributed by atoms with van der Waals surface area (Å²) < 4.78 is 32.9. The van der Waals surface area contributed by atoms with Crippen LogP contribution in [0.5, 0.6) is 5.75 Å². The molecule has 0 aromatic heterocycles. The Balaban J connectivity index is 1.45. The zero-order valence-corrected chi connectivity index (χ0v) is 15.6. The summed E-state index contributed by atoms with van der Waals surface area (Å²) in [6.07, 6.45) is 5.59. The van der Waals surface area contributed by atoms with Crippen molar-refractivity contribution in [3.8, 4) is 5.75 Å². The van der Waals surface area contributed by atoms with E-state index < -0.39 is 10.0 Å². The van der Waals surface area contributed by atoms with Crippen molar-refractivity contribution in [2.45, 2.75) is 43.0 Å². The number of fused-ring (bicyclic) bond motifs is 1. The molecule has 0 radical (unpaired) electrons. The Labute approximate surface area is 154 Å². The van der Waals surface area contributed by atoms with Crippen LogP contribution in [0, 0.1) is 0 Å². The molecular weight excluding hydrogens is 354 g/mol. The van der Waals surface area contributed by atoms with Crippen molar-refractivity contribution in [2.75, 3.05) is 38.1 Å². The third kappa shape index (κ3) is 3.45. The quantitative estimate of drug-likeness (QED) is 0.864. The summed E-state index contributed by atoms with van der Waals surface area (Å²) in [4.78, 5) is 14.1. The van der Waals surface area contributed by atoms with Crippen LogP contribution in [-0.4, -0.2) is 62.4 Å². The summed E-state index contributed by atoms with van der Waals surface area (Å²) in [5.41, 5.74) is 0.518. The fraction of sp³-hybridized carbons (Fsp3) is 0.611. The minimum absolute atomic E-state index is 0.0856. The first-order valence-corrected chi connectivity index (χ1v) is 10.8. The molecule has 26 heavy (non-hydrogen) atoms. The molecule has 142 valence electrons. The van der Waals surface area contributed by atoms with Gasteiger partial charge >= 0.3 is 0 Å². The maximum absolute atomic E-state index is 13.0. The molecule has 1 aromatic rings. The van der Waals surface area contributed by atoms with Gasteiger partial charge in [0.05, 0.1) is 10.6 Å². The number of benzene rings is 1. The topological polar surface area (TPSA) is 79.0 Å². The highest BCUT2D eigenvalue weighted by molar-refractivity contribution is 7.89. The van der Waals surface area contributed by atoms with Gasteiger partial charge in [-0.3, -0.25) is 4.79 Å². The normalized spacial score (nSPS) is 23.2. The van der Waals surface area contributed by atoms with Crippen LogP contribution in [0.4, 0.5) is 5.69 Å². The number of ether oxygens (including phenoxy) is 1. The van der Waals surface area contributed by atoms with Gasteiger partial charge in [0.2, 0.25) is 10.0 Å². The zero-order valence-electron chi connectivity index (χ0n) is 14.8. The van der Waals surface area contributed by atoms with E-state index in [1.165, 1.54) is 25.3 Å². The van der Waals surface area contributed by atoms with Gasteiger partial charge in [0.25, 0.3) is 5.91 Å². The maximum Gasteiger partial charge on any atom is 0.262 e. The van der Waals surface area contributed by atoms with Crippen molar-refractivity contribution in [1.29, 1.82) is 0 Å². The van der Waals surface area contributed by atoms with Gasteiger partial charge in [-0.25, -0.2) is 8.42 Å². The van der Waals surface area contributed by atoms with Crippen LogP contribution in [0.25, 0.3) is 0 Å². The SMILES string of the molecule is O=C1COc2cc(S(=O)(=O)N3CCC(N4CCCCC4)CC3)ccc2N1. The second-order valence-electron chi connectivity index (χ2n) is 7.23. The lowest BCUT2D eigenvalue weighted by molar-refractivity contribution is -0.118. The molecule has 0 unspecified atom stereocenters. The highest BCUT2D eigenvalue weighted by Gasteiger charge is 2.32. The number of anilines is 1. The Morgan fingerprint density at radius 2 is 1.77 bits per heavy atom. The molecule has 8 heteroatoms. The molecule has 0 saturated carbocycles. The Morgan fingerprint density at radius 1 is 1.04 bits per heavy atom. The average Bonchev–Trinajstić information content (AvgIpc) is 2.68. The van der Waals surface area contributed by atoms with Crippen LogP contribution in [0.1, 0.15) is 32.1 Å². The number of hydrogen-bond acceptors (Lipinski definition) is 5. The second-order valence-corrected chi connectivity index (χ2v) is 9.16. The predicted molar refractivity (Wildman–Crippen MR) is 97.8 cm³/mol. The van der Waals surface area contributed by atoms with E-state index in [1.54, 1.807) is 16.4 Å². The first kappa shape index (κ1) is 17.8. The highest BCUT2D eigenvalue weighted by Crippen LogP contribution is 2.32.